The first-order valence-electron chi connectivity index (χ1n) is 5.38. The summed E-state index contributed by atoms with van der Waals surface area (Å²) in [5.74, 6) is 0.407. The summed E-state index contributed by atoms with van der Waals surface area (Å²) in [5.41, 5.74) is 0. The van der Waals surface area contributed by atoms with E-state index in [4.69, 9.17) is 15.4 Å². The standard InChI is InChI=1S/C12H12ClNO3S/c1-8(2)17-12-10-4-3-5-11(18(13,15)16)9(10)6-7-14-12/h3-8H,1-2H3. The molecule has 0 aliphatic rings. The van der Waals surface area contributed by atoms with E-state index in [0.29, 0.717) is 16.7 Å². The highest BCUT2D eigenvalue weighted by Gasteiger charge is 2.16. The number of halogens is 1. The van der Waals surface area contributed by atoms with Crippen LogP contribution in [0.4, 0.5) is 0 Å². The zero-order valence-electron chi connectivity index (χ0n) is 9.92. The Balaban J connectivity index is 2.73. The summed E-state index contributed by atoms with van der Waals surface area (Å²) < 4.78 is 28.5. The van der Waals surface area contributed by atoms with Crippen molar-refractivity contribution in [1.82, 2.24) is 4.98 Å². The SMILES string of the molecule is CC(C)Oc1nccc2c(S(=O)(=O)Cl)cccc12. The summed E-state index contributed by atoms with van der Waals surface area (Å²) in [6, 6.07) is 6.44. The number of nitrogens with zero attached hydrogens (tertiary/aromatic N) is 1. The average Bonchev–Trinajstić information content (AvgIpc) is 2.26. The summed E-state index contributed by atoms with van der Waals surface area (Å²) in [4.78, 5) is 4.18. The number of hydrogen-bond donors (Lipinski definition) is 0. The minimum Gasteiger partial charge on any atom is -0.475 e. The van der Waals surface area contributed by atoms with E-state index in [1.54, 1.807) is 18.2 Å². The second-order valence-corrected chi connectivity index (χ2v) is 6.61. The Morgan fingerprint density at radius 2 is 1.94 bits per heavy atom. The Labute approximate surface area is 110 Å². The van der Waals surface area contributed by atoms with Gasteiger partial charge in [-0.2, -0.15) is 0 Å². The predicted octanol–water partition coefficient (Wildman–Crippen LogP) is 2.95. The third-order valence-electron chi connectivity index (χ3n) is 2.34. The molecule has 2 aromatic rings. The van der Waals surface area contributed by atoms with Crippen molar-refractivity contribution in [2.24, 2.45) is 0 Å². The Morgan fingerprint density at radius 3 is 2.56 bits per heavy atom. The van der Waals surface area contributed by atoms with E-state index in [9.17, 15) is 8.42 Å². The van der Waals surface area contributed by atoms with Gasteiger partial charge in [0.25, 0.3) is 9.05 Å². The van der Waals surface area contributed by atoms with Crippen molar-refractivity contribution >= 4 is 30.5 Å². The monoisotopic (exact) mass is 285 g/mol. The molecule has 0 atom stereocenters. The molecule has 1 aromatic heterocycles. The van der Waals surface area contributed by atoms with E-state index < -0.39 is 9.05 Å². The van der Waals surface area contributed by atoms with Crippen molar-refractivity contribution in [3.63, 3.8) is 0 Å². The first-order valence-corrected chi connectivity index (χ1v) is 7.69. The van der Waals surface area contributed by atoms with Crippen LogP contribution in [-0.4, -0.2) is 19.5 Å². The van der Waals surface area contributed by atoms with Gasteiger partial charge >= 0.3 is 0 Å². The van der Waals surface area contributed by atoms with Gasteiger partial charge in [0.05, 0.1) is 11.0 Å². The van der Waals surface area contributed by atoms with Crippen molar-refractivity contribution in [3.05, 3.63) is 30.5 Å². The van der Waals surface area contributed by atoms with Crippen LogP contribution in [0, 0.1) is 0 Å². The number of benzene rings is 1. The zero-order chi connectivity index (χ0) is 13.3. The van der Waals surface area contributed by atoms with Gasteiger partial charge in [-0.3, -0.25) is 0 Å². The molecule has 0 bridgehead atoms. The molecule has 6 heteroatoms. The van der Waals surface area contributed by atoms with E-state index in [1.807, 2.05) is 13.8 Å². The molecule has 0 spiro atoms. The summed E-state index contributed by atoms with van der Waals surface area (Å²) in [6.45, 7) is 3.76. The van der Waals surface area contributed by atoms with Crippen LogP contribution in [0.1, 0.15) is 13.8 Å². The molecule has 0 amide bonds. The van der Waals surface area contributed by atoms with Crippen LogP contribution in [0.25, 0.3) is 10.8 Å². The molecule has 96 valence electrons. The highest BCUT2D eigenvalue weighted by molar-refractivity contribution is 8.14. The van der Waals surface area contributed by atoms with Crippen molar-refractivity contribution in [2.45, 2.75) is 24.8 Å². The minimum absolute atomic E-state index is 0.0423. The smallest absolute Gasteiger partial charge is 0.261 e. The van der Waals surface area contributed by atoms with Crippen LogP contribution in [0.5, 0.6) is 5.88 Å². The third kappa shape index (κ3) is 2.57. The molecular weight excluding hydrogens is 274 g/mol. The molecule has 1 aromatic carbocycles. The molecule has 4 nitrogen and oxygen atoms in total. The van der Waals surface area contributed by atoms with Crippen molar-refractivity contribution < 1.29 is 13.2 Å². The highest BCUT2D eigenvalue weighted by Crippen LogP contribution is 2.30. The lowest BCUT2D eigenvalue weighted by molar-refractivity contribution is 0.236. The van der Waals surface area contributed by atoms with Gasteiger partial charge < -0.3 is 4.74 Å². The van der Waals surface area contributed by atoms with Gasteiger partial charge in [-0.1, -0.05) is 6.07 Å². The normalized spacial score (nSPS) is 12.0. The Hall–Kier alpha value is -1.33. The largest absolute Gasteiger partial charge is 0.475 e. The molecule has 1 heterocycles. The van der Waals surface area contributed by atoms with E-state index >= 15 is 0 Å². The summed E-state index contributed by atoms with van der Waals surface area (Å²) in [6.07, 6.45) is 1.46. The topological polar surface area (TPSA) is 56.3 Å². The van der Waals surface area contributed by atoms with Gasteiger partial charge in [0.2, 0.25) is 5.88 Å². The van der Waals surface area contributed by atoms with Gasteiger partial charge in [-0.25, -0.2) is 13.4 Å². The van der Waals surface area contributed by atoms with Gasteiger partial charge in [0.1, 0.15) is 0 Å². The van der Waals surface area contributed by atoms with Crippen LogP contribution in [0.2, 0.25) is 0 Å². The molecule has 0 saturated heterocycles. The quantitative estimate of drug-likeness (QED) is 0.814. The van der Waals surface area contributed by atoms with Crippen LogP contribution in [0.3, 0.4) is 0 Å². The van der Waals surface area contributed by atoms with Gasteiger partial charge in [-0.05, 0) is 32.0 Å². The number of fused-ring (bicyclic) bond motifs is 1. The third-order valence-corrected chi connectivity index (χ3v) is 3.72. The molecule has 0 N–H and O–H groups in total. The first kappa shape index (κ1) is 13.1. The average molecular weight is 286 g/mol. The molecule has 18 heavy (non-hydrogen) atoms. The summed E-state index contributed by atoms with van der Waals surface area (Å²) in [7, 11) is 1.62. The molecule has 0 unspecified atom stereocenters. The maximum atomic E-state index is 11.5. The van der Waals surface area contributed by atoms with E-state index in [1.165, 1.54) is 12.3 Å². The maximum Gasteiger partial charge on any atom is 0.261 e. The second-order valence-electron chi connectivity index (χ2n) is 4.07. The molecule has 2 rings (SSSR count). The zero-order valence-corrected chi connectivity index (χ0v) is 11.5. The lowest BCUT2D eigenvalue weighted by Crippen LogP contribution is -2.07. The number of ether oxygens (including phenoxy) is 1. The maximum absolute atomic E-state index is 11.5. The Morgan fingerprint density at radius 1 is 1.22 bits per heavy atom. The first-order chi connectivity index (χ1) is 8.39. The number of hydrogen-bond acceptors (Lipinski definition) is 4. The van der Waals surface area contributed by atoms with Crippen molar-refractivity contribution in [3.8, 4) is 5.88 Å². The molecule has 0 aliphatic carbocycles. The number of pyridine rings is 1. The van der Waals surface area contributed by atoms with E-state index in [2.05, 4.69) is 4.98 Å². The van der Waals surface area contributed by atoms with Crippen LogP contribution >= 0.6 is 10.7 Å². The molecule has 0 fully saturated rings. The van der Waals surface area contributed by atoms with Crippen molar-refractivity contribution in [2.75, 3.05) is 0 Å². The summed E-state index contributed by atoms with van der Waals surface area (Å²) in [5, 5.41) is 1.14. The Kier molecular flexibility index (Phi) is 3.45. The lowest BCUT2D eigenvalue weighted by atomic mass is 10.2. The number of aromatic nitrogens is 1. The van der Waals surface area contributed by atoms with E-state index in [-0.39, 0.29) is 11.0 Å². The summed E-state index contributed by atoms with van der Waals surface area (Å²) >= 11 is 0. The lowest BCUT2D eigenvalue weighted by Gasteiger charge is -2.11. The molecule has 0 radical (unpaired) electrons. The molecule has 0 saturated carbocycles. The molecule has 0 aliphatic heterocycles. The van der Waals surface area contributed by atoms with Gasteiger partial charge in [0, 0.05) is 27.7 Å². The van der Waals surface area contributed by atoms with Crippen LogP contribution in [0.15, 0.2) is 35.4 Å². The fourth-order valence-electron chi connectivity index (χ4n) is 1.68. The van der Waals surface area contributed by atoms with Gasteiger partial charge in [0.15, 0.2) is 0 Å². The van der Waals surface area contributed by atoms with E-state index in [0.717, 1.165) is 0 Å². The Bertz CT molecular complexity index is 683. The fourth-order valence-corrected chi connectivity index (χ4v) is 2.77. The predicted molar refractivity (Wildman–Crippen MR) is 70.5 cm³/mol. The van der Waals surface area contributed by atoms with Gasteiger partial charge in [-0.15, -0.1) is 0 Å². The minimum atomic E-state index is -3.79. The second kappa shape index (κ2) is 4.74. The van der Waals surface area contributed by atoms with Crippen molar-refractivity contribution in [1.29, 1.82) is 0 Å². The molecular formula is C12H12ClNO3S. The van der Waals surface area contributed by atoms with Crippen LogP contribution in [-0.2, 0) is 9.05 Å². The fraction of sp³-hybridized carbons (Fsp3) is 0.250. The highest BCUT2D eigenvalue weighted by atomic mass is 35.7. The van der Waals surface area contributed by atoms with Crippen LogP contribution < -0.4 is 4.74 Å². The number of rotatable bonds is 3.